The van der Waals surface area contributed by atoms with Crippen LogP contribution in [0, 0.1) is 24.4 Å². The third-order valence-electron chi connectivity index (χ3n) is 5.18. The first-order valence-corrected chi connectivity index (χ1v) is 11.3. The summed E-state index contributed by atoms with van der Waals surface area (Å²) in [5, 5.41) is 0. The molecule has 1 N–H and O–H groups in total. The molecule has 34 heavy (non-hydrogen) atoms. The normalized spacial score (nSPS) is 11.4. The number of fused-ring (bicyclic) bond motifs is 1. The fourth-order valence-electron chi connectivity index (χ4n) is 3.49. The summed E-state index contributed by atoms with van der Waals surface area (Å²) < 4.78 is 68.7. The topological polar surface area (TPSA) is 107 Å². The van der Waals surface area contributed by atoms with E-state index in [-0.39, 0.29) is 30.5 Å². The minimum absolute atomic E-state index is 0.0114. The Bertz CT molecular complexity index is 1480. The first-order valence-electron chi connectivity index (χ1n) is 10.1. The van der Waals surface area contributed by atoms with E-state index < -0.39 is 39.7 Å². The molecule has 0 amide bonds. The van der Waals surface area contributed by atoms with Crippen LogP contribution in [-0.2, 0) is 17.3 Å². The average molecular weight is 489 g/mol. The largest absolute Gasteiger partial charge is 0.288 e. The lowest BCUT2D eigenvalue weighted by Crippen LogP contribution is -2.15. The van der Waals surface area contributed by atoms with Gasteiger partial charge < -0.3 is 0 Å². The molecule has 8 nitrogen and oxygen atoms in total. The molecule has 2 heterocycles. The van der Waals surface area contributed by atoms with E-state index in [0.29, 0.717) is 22.9 Å². The van der Waals surface area contributed by atoms with Gasteiger partial charge in [0, 0.05) is 24.0 Å². The third-order valence-corrected chi connectivity index (χ3v) is 5.67. The van der Waals surface area contributed by atoms with Gasteiger partial charge >= 0.3 is 0 Å². The van der Waals surface area contributed by atoms with Crippen molar-refractivity contribution in [2.45, 2.75) is 19.8 Å². The monoisotopic (exact) mass is 489 g/mol. The van der Waals surface area contributed by atoms with E-state index >= 15 is 4.39 Å². The molecule has 0 atom stereocenters. The van der Waals surface area contributed by atoms with Crippen LogP contribution >= 0.6 is 0 Å². The van der Waals surface area contributed by atoms with E-state index in [1.165, 1.54) is 24.4 Å². The fourth-order valence-corrected chi connectivity index (χ4v) is 3.83. The Morgan fingerprint density at radius 3 is 2.59 bits per heavy atom. The number of thiol groups is 1. The van der Waals surface area contributed by atoms with E-state index in [1.54, 1.807) is 17.1 Å². The van der Waals surface area contributed by atoms with Crippen LogP contribution in [0.4, 0.5) is 13.2 Å². The number of hydrogen-bond acceptors (Lipinski definition) is 6. The molecule has 2 aromatic carbocycles. The van der Waals surface area contributed by atoms with Gasteiger partial charge in [-0.05, 0) is 49.6 Å². The van der Waals surface area contributed by atoms with Gasteiger partial charge in [0.05, 0.1) is 22.8 Å². The van der Waals surface area contributed by atoms with Crippen molar-refractivity contribution < 1.29 is 26.4 Å². The Hall–Kier alpha value is -3.64. The lowest BCUT2D eigenvalue weighted by Gasteiger charge is -2.11. The standard InChI is InChI=1S/C22H18F3N5O3S/c1-12-9-26-11-30(12)18-10-27-16-5-4-14(8-17(16)29-18)22(31)19-20(24)13(7-15(23)21(19)25)3-2-6-28-34(32)33/h4-5,7-11,34H,2-3,6H2,1H3,(H,28,32,33). The lowest BCUT2D eigenvalue weighted by atomic mass is 9.97. The number of imidazole rings is 1. The number of nitrogens with one attached hydrogen (secondary N) is 1. The maximum absolute atomic E-state index is 15.0. The van der Waals surface area contributed by atoms with Gasteiger partial charge in [-0.15, -0.1) is 0 Å². The SMILES string of the molecule is Cc1cncn1-c1cnc2ccc(C(=O)c3c(F)c(F)cc(CCCN[SH](=O)=O)c3F)cc2n1. The molecule has 0 spiro atoms. The van der Waals surface area contributed by atoms with Crippen LogP contribution in [-0.4, -0.2) is 40.3 Å². The minimum Gasteiger partial charge on any atom is -0.288 e. The van der Waals surface area contributed by atoms with Crippen molar-refractivity contribution in [1.29, 1.82) is 0 Å². The van der Waals surface area contributed by atoms with Crippen LogP contribution in [0.2, 0.25) is 0 Å². The number of ketones is 1. The van der Waals surface area contributed by atoms with E-state index in [0.717, 1.165) is 5.69 Å². The first kappa shape index (κ1) is 23.5. The number of nitrogens with zero attached hydrogens (tertiary/aromatic N) is 4. The Labute approximate surface area is 193 Å². The molecule has 2 aromatic heterocycles. The molecular formula is C22H18F3N5O3S. The number of hydrogen-bond donors (Lipinski definition) is 2. The maximum Gasteiger partial charge on any atom is 0.201 e. The summed E-state index contributed by atoms with van der Waals surface area (Å²) in [6.45, 7) is 1.81. The molecule has 0 aliphatic carbocycles. The van der Waals surface area contributed by atoms with Gasteiger partial charge in [-0.1, -0.05) is 0 Å². The number of aryl methyl sites for hydroxylation is 2. The highest BCUT2D eigenvalue weighted by atomic mass is 32.2. The Balaban J connectivity index is 1.70. The maximum atomic E-state index is 15.0. The van der Waals surface area contributed by atoms with Crippen LogP contribution in [0.25, 0.3) is 16.9 Å². The molecule has 0 saturated carbocycles. The van der Waals surface area contributed by atoms with E-state index in [9.17, 15) is 22.0 Å². The van der Waals surface area contributed by atoms with Crippen molar-refractivity contribution in [1.82, 2.24) is 24.2 Å². The second-order valence-electron chi connectivity index (χ2n) is 7.46. The zero-order valence-corrected chi connectivity index (χ0v) is 18.7. The summed E-state index contributed by atoms with van der Waals surface area (Å²) >= 11 is 0. The van der Waals surface area contributed by atoms with E-state index in [4.69, 9.17) is 0 Å². The van der Waals surface area contributed by atoms with Crippen LogP contribution in [0.1, 0.15) is 33.6 Å². The van der Waals surface area contributed by atoms with Crippen LogP contribution < -0.4 is 4.72 Å². The molecule has 0 saturated heterocycles. The molecule has 12 heteroatoms. The second-order valence-corrected chi connectivity index (χ2v) is 8.29. The van der Waals surface area contributed by atoms with Crippen molar-refractivity contribution in [2.75, 3.05) is 6.54 Å². The smallest absolute Gasteiger partial charge is 0.201 e. The van der Waals surface area contributed by atoms with Gasteiger partial charge in [0.2, 0.25) is 10.9 Å². The van der Waals surface area contributed by atoms with Gasteiger partial charge in [0.15, 0.2) is 23.2 Å². The number of carbonyl (C=O) groups excluding carboxylic acids is 1. The molecule has 4 rings (SSSR count). The number of aromatic nitrogens is 4. The molecule has 0 fully saturated rings. The summed E-state index contributed by atoms with van der Waals surface area (Å²) in [5.41, 5.74) is 0.195. The minimum atomic E-state index is -2.83. The fraction of sp³-hybridized carbons (Fsp3) is 0.182. The number of carbonyl (C=O) groups is 1. The van der Waals surface area contributed by atoms with Gasteiger partial charge in [0.1, 0.15) is 12.1 Å². The highest BCUT2D eigenvalue weighted by molar-refractivity contribution is 7.70. The number of halogens is 3. The van der Waals surface area contributed by atoms with Crippen LogP contribution in [0.5, 0.6) is 0 Å². The third kappa shape index (κ3) is 4.68. The van der Waals surface area contributed by atoms with Crippen LogP contribution in [0.15, 0.2) is 43.0 Å². The molecule has 4 aromatic rings. The van der Waals surface area contributed by atoms with Crippen molar-refractivity contribution in [3.63, 3.8) is 0 Å². The summed E-state index contributed by atoms with van der Waals surface area (Å²) in [5.74, 6) is -4.78. The predicted octanol–water partition coefficient (Wildman–Crippen LogP) is 2.82. The molecule has 0 aliphatic heterocycles. The highest BCUT2D eigenvalue weighted by Crippen LogP contribution is 2.25. The molecule has 176 valence electrons. The quantitative estimate of drug-likeness (QED) is 0.171. The molecule has 0 aliphatic rings. The summed E-state index contributed by atoms with van der Waals surface area (Å²) in [6, 6.07) is 4.81. The van der Waals surface area contributed by atoms with E-state index in [1.807, 2.05) is 6.92 Å². The van der Waals surface area contributed by atoms with Gasteiger partial charge in [-0.2, -0.15) is 0 Å². The summed E-state index contributed by atoms with van der Waals surface area (Å²) in [4.78, 5) is 25.8. The number of rotatable bonds is 8. The number of benzene rings is 2. The zero-order valence-electron chi connectivity index (χ0n) is 17.8. The van der Waals surface area contributed by atoms with Crippen molar-refractivity contribution >= 4 is 27.7 Å². The Morgan fingerprint density at radius 1 is 1.09 bits per heavy atom. The van der Waals surface area contributed by atoms with Crippen molar-refractivity contribution in [2.24, 2.45) is 0 Å². The van der Waals surface area contributed by atoms with Crippen molar-refractivity contribution in [3.8, 4) is 5.82 Å². The van der Waals surface area contributed by atoms with Crippen molar-refractivity contribution in [3.05, 3.63) is 82.8 Å². The zero-order chi connectivity index (χ0) is 24.4. The molecular weight excluding hydrogens is 471 g/mol. The first-order chi connectivity index (χ1) is 16.3. The van der Waals surface area contributed by atoms with Gasteiger partial charge in [-0.3, -0.25) is 14.3 Å². The average Bonchev–Trinajstić information content (AvgIpc) is 3.24. The Kier molecular flexibility index (Phi) is 6.70. The highest BCUT2D eigenvalue weighted by Gasteiger charge is 2.25. The second kappa shape index (κ2) is 9.69. The Morgan fingerprint density at radius 2 is 1.88 bits per heavy atom. The molecule has 0 unspecified atom stereocenters. The molecule has 0 radical (unpaired) electrons. The summed E-state index contributed by atoms with van der Waals surface area (Å²) in [6.07, 6.45) is 4.73. The van der Waals surface area contributed by atoms with Gasteiger partial charge in [-0.25, -0.2) is 36.3 Å². The predicted molar refractivity (Wildman–Crippen MR) is 118 cm³/mol. The summed E-state index contributed by atoms with van der Waals surface area (Å²) in [7, 11) is -2.83. The molecule has 0 bridgehead atoms. The van der Waals surface area contributed by atoms with E-state index in [2.05, 4.69) is 19.7 Å². The van der Waals surface area contributed by atoms with Gasteiger partial charge in [0.25, 0.3) is 0 Å². The van der Waals surface area contributed by atoms with Crippen LogP contribution in [0.3, 0.4) is 0 Å². The lowest BCUT2D eigenvalue weighted by molar-refractivity contribution is 0.102.